The Hall–Kier alpha value is -2.53. The Bertz CT molecular complexity index is 917. The molecule has 0 spiro atoms. The number of carbonyl (C=O) groups is 1. The molecule has 24 heavy (non-hydrogen) atoms. The number of amides is 1. The topological polar surface area (TPSA) is 42.0 Å². The van der Waals surface area contributed by atoms with Crippen molar-refractivity contribution in [3.05, 3.63) is 69.8 Å². The van der Waals surface area contributed by atoms with Gasteiger partial charge in [-0.25, -0.2) is 9.37 Å². The van der Waals surface area contributed by atoms with Gasteiger partial charge in [-0.2, -0.15) is 0 Å². The van der Waals surface area contributed by atoms with Gasteiger partial charge in [-0.15, -0.1) is 11.3 Å². The summed E-state index contributed by atoms with van der Waals surface area (Å²) < 4.78 is 13.2. The Morgan fingerprint density at radius 2 is 1.83 bits per heavy atom. The van der Waals surface area contributed by atoms with Crippen LogP contribution in [0.25, 0.3) is 11.3 Å². The van der Waals surface area contributed by atoms with Gasteiger partial charge in [0.15, 0.2) is 5.13 Å². The summed E-state index contributed by atoms with van der Waals surface area (Å²) in [7, 11) is 0. The average Bonchev–Trinajstić information content (AvgIpc) is 2.99. The van der Waals surface area contributed by atoms with Gasteiger partial charge >= 0.3 is 0 Å². The zero-order valence-electron chi connectivity index (χ0n) is 13.7. The van der Waals surface area contributed by atoms with Crippen molar-refractivity contribution in [2.75, 3.05) is 5.32 Å². The maximum absolute atomic E-state index is 13.2. The van der Waals surface area contributed by atoms with Crippen LogP contribution in [0.15, 0.2) is 41.8 Å². The first-order valence-electron chi connectivity index (χ1n) is 7.54. The van der Waals surface area contributed by atoms with Crippen molar-refractivity contribution in [3.63, 3.8) is 0 Å². The highest BCUT2D eigenvalue weighted by Crippen LogP contribution is 2.29. The summed E-state index contributed by atoms with van der Waals surface area (Å²) in [6.07, 6.45) is 0. The summed E-state index contributed by atoms with van der Waals surface area (Å²) in [6, 6.07) is 9.83. The Morgan fingerprint density at radius 1 is 1.08 bits per heavy atom. The van der Waals surface area contributed by atoms with Gasteiger partial charge in [0.05, 0.1) is 5.69 Å². The van der Waals surface area contributed by atoms with Gasteiger partial charge in [0.25, 0.3) is 5.91 Å². The number of rotatable bonds is 3. The van der Waals surface area contributed by atoms with Crippen molar-refractivity contribution in [1.82, 2.24) is 4.98 Å². The second-order valence-corrected chi connectivity index (χ2v) is 6.61. The summed E-state index contributed by atoms with van der Waals surface area (Å²) in [4.78, 5) is 16.7. The second kappa shape index (κ2) is 6.53. The van der Waals surface area contributed by atoms with E-state index in [1.165, 1.54) is 40.7 Å². The molecule has 0 bridgehead atoms. The van der Waals surface area contributed by atoms with Crippen LogP contribution in [-0.2, 0) is 0 Å². The van der Waals surface area contributed by atoms with Crippen LogP contribution in [0.3, 0.4) is 0 Å². The first-order valence-corrected chi connectivity index (χ1v) is 8.42. The van der Waals surface area contributed by atoms with E-state index in [-0.39, 0.29) is 11.5 Å². The molecule has 0 aliphatic carbocycles. The van der Waals surface area contributed by atoms with E-state index >= 15 is 0 Å². The summed E-state index contributed by atoms with van der Waals surface area (Å²) in [5.74, 6) is -0.805. The molecule has 0 aliphatic rings. The predicted molar refractivity (Wildman–Crippen MR) is 96.1 cm³/mol. The van der Waals surface area contributed by atoms with Crippen molar-refractivity contribution < 1.29 is 9.18 Å². The Balaban J connectivity index is 1.84. The van der Waals surface area contributed by atoms with Gasteiger partial charge in [0.1, 0.15) is 5.82 Å². The summed E-state index contributed by atoms with van der Waals surface area (Å²) in [6.45, 7) is 6.20. The number of aryl methyl sites for hydroxylation is 3. The number of anilines is 1. The number of nitrogens with zero attached hydrogens (tertiary/aromatic N) is 1. The largest absolute Gasteiger partial charge is 0.298 e. The monoisotopic (exact) mass is 340 g/mol. The number of benzene rings is 2. The lowest BCUT2D eigenvalue weighted by Gasteiger charge is -2.07. The lowest BCUT2D eigenvalue weighted by molar-refractivity contribution is 0.102. The van der Waals surface area contributed by atoms with Gasteiger partial charge in [0.2, 0.25) is 0 Å². The van der Waals surface area contributed by atoms with Gasteiger partial charge in [-0.3, -0.25) is 10.1 Å². The van der Waals surface area contributed by atoms with E-state index < -0.39 is 5.82 Å². The molecule has 1 heterocycles. The number of carbonyl (C=O) groups excluding carboxylic acids is 1. The maximum Gasteiger partial charge on any atom is 0.257 e. The second-order valence-electron chi connectivity index (χ2n) is 5.75. The average molecular weight is 340 g/mol. The molecule has 3 aromatic rings. The van der Waals surface area contributed by atoms with E-state index in [9.17, 15) is 9.18 Å². The molecule has 122 valence electrons. The Labute approximate surface area is 144 Å². The molecule has 0 atom stereocenters. The van der Waals surface area contributed by atoms with Crippen LogP contribution < -0.4 is 5.32 Å². The lowest BCUT2D eigenvalue weighted by Crippen LogP contribution is -2.11. The van der Waals surface area contributed by atoms with Crippen LogP contribution >= 0.6 is 11.3 Å². The molecule has 1 aromatic heterocycles. The summed E-state index contributed by atoms with van der Waals surface area (Å²) in [5, 5.41) is 5.13. The van der Waals surface area contributed by atoms with Crippen LogP contribution in [-0.4, -0.2) is 10.9 Å². The highest BCUT2D eigenvalue weighted by molar-refractivity contribution is 7.14. The SMILES string of the molecule is Cc1cc(C)c(-c2csc(NC(=O)c3cccc(F)c3)n2)cc1C. The minimum atomic E-state index is -0.437. The highest BCUT2D eigenvalue weighted by atomic mass is 32.1. The molecular formula is C19H17FN2OS. The van der Waals surface area contributed by atoms with Gasteiger partial charge in [-0.05, 0) is 61.7 Å². The number of halogens is 1. The molecule has 3 nitrogen and oxygen atoms in total. The minimum Gasteiger partial charge on any atom is -0.298 e. The molecule has 0 saturated carbocycles. The van der Waals surface area contributed by atoms with Gasteiger partial charge in [-0.1, -0.05) is 12.1 Å². The third-order valence-corrected chi connectivity index (χ3v) is 4.69. The Kier molecular flexibility index (Phi) is 4.44. The van der Waals surface area contributed by atoms with E-state index in [1.54, 1.807) is 6.07 Å². The number of nitrogens with one attached hydrogen (secondary N) is 1. The van der Waals surface area contributed by atoms with Gasteiger partial charge in [0, 0.05) is 16.5 Å². The first kappa shape index (κ1) is 16.3. The van der Waals surface area contributed by atoms with Crippen LogP contribution in [0.1, 0.15) is 27.0 Å². The lowest BCUT2D eigenvalue weighted by atomic mass is 9.99. The minimum absolute atomic E-state index is 0.272. The standard InChI is InChI=1S/C19H17FN2OS/c1-11-7-13(3)16(8-12(11)2)17-10-24-19(21-17)22-18(23)14-5-4-6-15(20)9-14/h4-10H,1-3H3,(H,21,22,23). The molecule has 2 aromatic carbocycles. The van der Waals surface area contributed by atoms with E-state index in [0.29, 0.717) is 5.13 Å². The molecule has 1 amide bonds. The van der Waals surface area contributed by atoms with E-state index in [1.807, 2.05) is 12.3 Å². The summed E-state index contributed by atoms with van der Waals surface area (Å²) in [5.41, 5.74) is 5.75. The summed E-state index contributed by atoms with van der Waals surface area (Å²) >= 11 is 1.35. The molecule has 0 saturated heterocycles. The number of aromatic nitrogens is 1. The van der Waals surface area contributed by atoms with Crippen molar-refractivity contribution in [2.45, 2.75) is 20.8 Å². The van der Waals surface area contributed by atoms with Crippen LogP contribution in [0.2, 0.25) is 0 Å². The number of hydrogen-bond donors (Lipinski definition) is 1. The molecule has 0 fully saturated rings. The normalized spacial score (nSPS) is 10.7. The van der Waals surface area contributed by atoms with E-state index in [2.05, 4.69) is 36.3 Å². The van der Waals surface area contributed by atoms with Crippen molar-refractivity contribution in [2.24, 2.45) is 0 Å². The fourth-order valence-corrected chi connectivity index (χ4v) is 3.20. The Morgan fingerprint density at radius 3 is 2.58 bits per heavy atom. The first-order chi connectivity index (χ1) is 11.4. The maximum atomic E-state index is 13.2. The predicted octanol–water partition coefficient (Wildman–Crippen LogP) is 5.13. The zero-order chi connectivity index (χ0) is 17.3. The molecular weight excluding hydrogens is 323 g/mol. The van der Waals surface area contributed by atoms with E-state index in [0.717, 1.165) is 16.8 Å². The molecule has 5 heteroatoms. The molecule has 3 rings (SSSR count). The van der Waals surface area contributed by atoms with Gasteiger partial charge < -0.3 is 0 Å². The zero-order valence-corrected chi connectivity index (χ0v) is 14.5. The third-order valence-electron chi connectivity index (χ3n) is 3.93. The number of thiazole rings is 1. The smallest absolute Gasteiger partial charge is 0.257 e. The molecule has 0 unspecified atom stereocenters. The molecule has 1 N–H and O–H groups in total. The van der Waals surface area contributed by atoms with E-state index in [4.69, 9.17) is 0 Å². The molecule has 0 radical (unpaired) electrons. The molecule has 0 aliphatic heterocycles. The van der Waals surface area contributed by atoms with Crippen LogP contribution in [0, 0.1) is 26.6 Å². The fourth-order valence-electron chi connectivity index (χ4n) is 2.49. The highest BCUT2D eigenvalue weighted by Gasteiger charge is 2.12. The number of hydrogen-bond acceptors (Lipinski definition) is 3. The third kappa shape index (κ3) is 3.36. The van der Waals surface area contributed by atoms with Crippen molar-refractivity contribution in [1.29, 1.82) is 0 Å². The van der Waals surface area contributed by atoms with Crippen molar-refractivity contribution >= 4 is 22.4 Å². The van der Waals surface area contributed by atoms with Crippen LogP contribution in [0.4, 0.5) is 9.52 Å². The van der Waals surface area contributed by atoms with Crippen LogP contribution in [0.5, 0.6) is 0 Å². The quantitative estimate of drug-likeness (QED) is 0.718. The van der Waals surface area contributed by atoms with Crippen molar-refractivity contribution in [3.8, 4) is 11.3 Å². The fraction of sp³-hybridized carbons (Fsp3) is 0.158.